The van der Waals surface area contributed by atoms with Gasteiger partial charge in [0.05, 0.1) is 12.7 Å². The highest BCUT2D eigenvalue weighted by atomic mass is 16.3. The molecule has 1 aliphatic heterocycles. The zero-order valence-corrected chi connectivity index (χ0v) is 8.95. The molecule has 1 unspecified atom stereocenters. The molecule has 0 aromatic rings. The monoisotopic (exact) mass is 202 g/mol. The Morgan fingerprint density at radius 3 is 2.43 bits per heavy atom. The number of β-amino-alcohol motifs (C(OH)–C–C–N with tert-alkyl or cyclic N) is 1. The largest absolute Gasteiger partial charge is 0.394 e. The third-order valence-electron chi connectivity index (χ3n) is 3.24. The molecular formula is C10H22N2O2. The number of hydrogen-bond donors (Lipinski definition) is 3. The summed E-state index contributed by atoms with van der Waals surface area (Å²) in [5.74, 6) is 0. The van der Waals surface area contributed by atoms with Crippen LogP contribution in [0.25, 0.3) is 0 Å². The van der Waals surface area contributed by atoms with Crippen LogP contribution in [0.5, 0.6) is 0 Å². The van der Waals surface area contributed by atoms with E-state index in [0.717, 1.165) is 32.5 Å². The first-order chi connectivity index (χ1) is 6.59. The molecule has 1 fully saturated rings. The van der Waals surface area contributed by atoms with Crippen molar-refractivity contribution >= 4 is 0 Å². The Bertz CT molecular complexity index is 168. The lowest BCUT2D eigenvalue weighted by atomic mass is 9.80. The Morgan fingerprint density at radius 1 is 1.43 bits per heavy atom. The van der Waals surface area contributed by atoms with Crippen LogP contribution in [0.2, 0.25) is 0 Å². The van der Waals surface area contributed by atoms with Crippen LogP contribution in [0.3, 0.4) is 0 Å². The van der Waals surface area contributed by atoms with Crippen molar-refractivity contribution < 1.29 is 10.2 Å². The molecule has 0 amide bonds. The fourth-order valence-electron chi connectivity index (χ4n) is 1.84. The van der Waals surface area contributed by atoms with Gasteiger partial charge in [0, 0.05) is 6.54 Å². The lowest BCUT2D eigenvalue weighted by Gasteiger charge is -2.39. The summed E-state index contributed by atoms with van der Waals surface area (Å²) in [6, 6.07) is 0. The lowest BCUT2D eigenvalue weighted by Crippen LogP contribution is -2.45. The van der Waals surface area contributed by atoms with Crippen LogP contribution in [0.1, 0.15) is 19.8 Å². The summed E-state index contributed by atoms with van der Waals surface area (Å²) in [7, 11) is 0. The summed E-state index contributed by atoms with van der Waals surface area (Å²) in [5.41, 5.74) is 5.98. The molecule has 0 aromatic heterocycles. The van der Waals surface area contributed by atoms with Gasteiger partial charge in [-0.2, -0.15) is 0 Å². The van der Waals surface area contributed by atoms with E-state index >= 15 is 0 Å². The Balaban J connectivity index is 2.29. The van der Waals surface area contributed by atoms with Gasteiger partial charge in [-0.3, -0.25) is 0 Å². The smallest absolute Gasteiger partial charge is 0.0897 e. The van der Waals surface area contributed by atoms with Gasteiger partial charge < -0.3 is 20.8 Å². The first-order valence-electron chi connectivity index (χ1n) is 5.31. The summed E-state index contributed by atoms with van der Waals surface area (Å²) < 4.78 is 0. The Hall–Kier alpha value is -0.160. The van der Waals surface area contributed by atoms with E-state index in [4.69, 9.17) is 10.8 Å². The number of piperidine rings is 1. The fourth-order valence-corrected chi connectivity index (χ4v) is 1.84. The third-order valence-corrected chi connectivity index (χ3v) is 3.24. The summed E-state index contributed by atoms with van der Waals surface area (Å²) in [5, 5.41) is 18.0. The van der Waals surface area contributed by atoms with Crippen molar-refractivity contribution in [2.45, 2.75) is 25.9 Å². The second kappa shape index (κ2) is 5.07. The first kappa shape index (κ1) is 11.9. The molecule has 4 nitrogen and oxygen atoms in total. The standard InChI is InChI=1S/C10H22N2O2/c1-10(8-11)2-4-12(5-3-10)6-9(14)7-13/h9,13-14H,2-8,11H2,1H3. The van der Waals surface area contributed by atoms with Crippen molar-refractivity contribution in [3.8, 4) is 0 Å². The van der Waals surface area contributed by atoms with Crippen molar-refractivity contribution in [2.24, 2.45) is 11.1 Å². The van der Waals surface area contributed by atoms with E-state index in [2.05, 4.69) is 11.8 Å². The molecule has 0 spiro atoms. The van der Waals surface area contributed by atoms with Crippen LogP contribution in [-0.2, 0) is 0 Å². The van der Waals surface area contributed by atoms with Gasteiger partial charge in [-0.1, -0.05) is 6.92 Å². The van der Waals surface area contributed by atoms with Gasteiger partial charge in [-0.15, -0.1) is 0 Å². The van der Waals surface area contributed by atoms with Crippen molar-refractivity contribution in [1.29, 1.82) is 0 Å². The number of aliphatic hydroxyl groups excluding tert-OH is 2. The van der Waals surface area contributed by atoms with Gasteiger partial charge in [-0.05, 0) is 37.9 Å². The molecule has 1 heterocycles. The second-order valence-electron chi connectivity index (χ2n) is 4.65. The average Bonchev–Trinajstić information content (AvgIpc) is 2.21. The summed E-state index contributed by atoms with van der Waals surface area (Å²) in [6.07, 6.45) is 1.57. The predicted octanol–water partition coefficient (Wildman–Crippen LogP) is -0.600. The molecule has 84 valence electrons. The minimum atomic E-state index is -0.600. The average molecular weight is 202 g/mol. The van der Waals surface area contributed by atoms with E-state index in [0.29, 0.717) is 6.54 Å². The lowest BCUT2D eigenvalue weighted by molar-refractivity contribution is 0.0361. The van der Waals surface area contributed by atoms with Gasteiger partial charge in [0.2, 0.25) is 0 Å². The number of rotatable bonds is 4. The van der Waals surface area contributed by atoms with Crippen LogP contribution < -0.4 is 5.73 Å². The van der Waals surface area contributed by atoms with Crippen LogP contribution in [-0.4, -0.2) is 54.0 Å². The Morgan fingerprint density at radius 2 is 2.00 bits per heavy atom. The maximum atomic E-state index is 9.28. The number of aliphatic hydroxyl groups is 2. The molecule has 4 N–H and O–H groups in total. The van der Waals surface area contributed by atoms with Crippen molar-refractivity contribution in [3.05, 3.63) is 0 Å². The highest BCUT2D eigenvalue weighted by molar-refractivity contribution is 4.83. The van der Waals surface area contributed by atoms with E-state index in [1.807, 2.05) is 0 Å². The van der Waals surface area contributed by atoms with E-state index < -0.39 is 6.10 Å². The molecule has 0 bridgehead atoms. The second-order valence-corrected chi connectivity index (χ2v) is 4.65. The summed E-state index contributed by atoms with van der Waals surface area (Å²) in [6.45, 7) is 5.34. The summed E-state index contributed by atoms with van der Waals surface area (Å²) >= 11 is 0. The molecule has 1 saturated heterocycles. The highest BCUT2D eigenvalue weighted by Gasteiger charge is 2.28. The van der Waals surface area contributed by atoms with Crippen LogP contribution in [0.15, 0.2) is 0 Å². The number of hydrogen-bond acceptors (Lipinski definition) is 4. The molecule has 0 aliphatic carbocycles. The third kappa shape index (κ3) is 3.20. The molecule has 14 heavy (non-hydrogen) atoms. The zero-order valence-electron chi connectivity index (χ0n) is 8.95. The highest BCUT2D eigenvalue weighted by Crippen LogP contribution is 2.29. The fraction of sp³-hybridized carbons (Fsp3) is 1.00. The van der Waals surface area contributed by atoms with E-state index in [-0.39, 0.29) is 12.0 Å². The molecular weight excluding hydrogens is 180 g/mol. The minimum absolute atomic E-state index is 0.148. The number of nitrogens with two attached hydrogens (primary N) is 1. The van der Waals surface area contributed by atoms with E-state index in [1.54, 1.807) is 0 Å². The minimum Gasteiger partial charge on any atom is -0.394 e. The zero-order chi connectivity index (χ0) is 10.6. The summed E-state index contributed by atoms with van der Waals surface area (Å²) in [4.78, 5) is 2.19. The maximum Gasteiger partial charge on any atom is 0.0897 e. The number of nitrogens with zero attached hydrogens (tertiary/aromatic N) is 1. The molecule has 0 saturated carbocycles. The van der Waals surface area contributed by atoms with Crippen LogP contribution in [0, 0.1) is 5.41 Å². The number of likely N-dealkylation sites (tertiary alicyclic amines) is 1. The van der Waals surface area contributed by atoms with Crippen molar-refractivity contribution in [3.63, 3.8) is 0 Å². The molecule has 1 atom stereocenters. The molecule has 1 rings (SSSR count). The normalized spacial score (nSPS) is 24.9. The van der Waals surface area contributed by atoms with Gasteiger partial charge >= 0.3 is 0 Å². The molecule has 1 aliphatic rings. The van der Waals surface area contributed by atoms with Gasteiger partial charge in [0.1, 0.15) is 0 Å². The van der Waals surface area contributed by atoms with E-state index in [9.17, 15) is 5.11 Å². The van der Waals surface area contributed by atoms with Gasteiger partial charge in [0.15, 0.2) is 0 Å². The van der Waals surface area contributed by atoms with Crippen molar-refractivity contribution in [1.82, 2.24) is 4.90 Å². The Labute approximate surface area is 85.7 Å². The molecule has 4 heteroatoms. The topological polar surface area (TPSA) is 69.7 Å². The molecule has 0 aromatic carbocycles. The SMILES string of the molecule is CC1(CN)CCN(CC(O)CO)CC1. The van der Waals surface area contributed by atoms with Crippen molar-refractivity contribution in [2.75, 3.05) is 32.8 Å². The van der Waals surface area contributed by atoms with Crippen LogP contribution >= 0.6 is 0 Å². The quantitative estimate of drug-likeness (QED) is 0.569. The van der Waals surface area contributed by atoms with Crippen LogP contribution in [0.4, 0.5) is 0 Å². The van der Waals surface area contributed by atoms with Gasteiger partial charge in [0.25, 0.3) is 0 Å². The Kier molecular flexibility index (Phi) is 4.31. The predicted molar refractivity (Wildman–Crippen MR) is 55.9 cm³/mol. The first-order valence-corrected chi connectivity index (χ1v) is 5.31. The van der Waals surface area contributed by atoms with Gasteiger partial charge in [-0.25, -0.2) is 0 Å². The maximum absolute atomic E-state index is 9.28. The van der Waals surface area contributed by atoms with E-state index in [1.165, 1.54) is 0 Å². The molecule has 0 radical (unpaired) electrons.